The van der Waals surface area contributed by atoms with E-state index in [0.29, 0.717) is 25.8 Å². The van der Waals surface area contributed by atoms with Gasteiger partial charge in [0.15, 0.2) is 0 Å². The van der Waals surface area contributed by atoms with Crippen molar-refractivity contribution < 1.29 is 19.2 Å². The summed E-state index contributed by atoms with van der Waals surface area (Å²) in [5, 5.41) is 13.9. The topological polar surface area (TPSA) is 219 Å². The highest BCUT2D eigenvalue weighted by Gasteiger charge is 2.28. The number of amides is 4. The highest BCUT2D eigenvalue weighted by molar-refractivity contribution is 5.94. The third-order valence-corrected chi connectivity index (χ3v) is 5.80. The minimum Gasteiger partial charge on any atom is -0.368 e. The van der Waals surface area contributed by atoms with E-state index < -0.39 is 47.8 Å². The Morgan fingerprint density at radius 3 is 2.42 bits per heavy atom. The molecular weight excluding hydrogens is 492 g/mol. The minimum absolute atomic E-state index is 0.0371. The largest absolute Gasteiger partial charge is 0.368 e. The molecule has 38 heavy (non-hydrogen) atoms. The standard InChI is InChI=1S/C24H34N10O4/c1-13(25)19(36)31-24-33-22-27-11-7-6-10-16(18(26)35)29-21(38)17(12-15-8-4-3-5-9-15)30-20(37)14(2)28-23(32-22)34-24/h3-5,8-9,13-14,16-17H,6-7,10-12,25H2,1-2H3,(H2,26,35)(H,29,38)(H,30,37)(H3,27,28,31,32,33,34,36)/t13-,14-,16+,17-/m0/s1. The SMILES string of the molecule is C[C@H](N)C(=O)Nc1nc2nc(n1)N[C@@H](C)C(=O)N[C@@H](Cc1ccccc1)C(=O)N[C@@H](C(N)=O)CCCCN2. The normalized spacial score (nSPS) is 21.6. The summed E-state index contributed by atoms with van der Waals surface area (Å²) in [6.07, 6.45) is 1.67. The zero-order chi connectivity index (χ0) is 27.7. The number of aromatic nitrogens is 3. The van der Waals surface area contributed by atoms with Crippen LogP contribution in [0.1, 0.15) is 38.7 Å². The number of hydrogen-bond donors (Lipinski definition) is 7. The number of benzene rings is 1. The van der Waals surface area contributed by atoms with Crippen molar-refractivity contribution in [2.45, 2.75) is 63.7 Å². The molecule has 1 aliphatic heterocycles. The third kappa shape index (κ3) is 8.37. The van der Waals surface area contributed by atoms with E-state index in [1.165, 1.54) is 6.92 Å². The van der Waals surface area contributed by atoms with Gasteiger partial charge >= 0.3 is 0 Å². The number of nitrogens with one attached hydrogen (secondary N) is 5. The van der Waals surface area contributed by atoms with Crippen LogP contribution in [-0.2, 0) is 25.6 Å². The van der Waals surface area contributed by atoms with E-state index in [4.69, 9.17) is 11.5 Å². The maximum absolute atomic E-state index is 13.2. The Bertz CT molecular complexity index is 1140. The Hall–Kier alpha value is -4.33. The molecule has 14 heteroatoms. The maximum Gasteiger partial charge on any atom is 0.243 e. The van der Waals surface area contributed by atoms with Crippen molar-refractivity contribution in [2.24, 2.45) is 11.5 Å². The van der Waals surface area contributed by atoms with Crippen LogP contribution in [0.4, 0.5) is 17.8 Å². The quantitative estimate of drug-likeness (QED) is 0.258. The van der Waals surface area contributed by atoms with Crippen LogP contribution < -0.4 is 38.1 Å². The Labute approximate surface area is 220 Å². The molecule has 1 aromatic heterocycles. The van der Waals surface area contributed by atoms with Gasteiger partial charge in [-0.05, 0) is 38.7 Å². The number of fused-ring (bicyclic) bond motifs is 2. The number of rotatable bonds is 5. The summed E-state index contributed by atoms with van der Waals surface area (Å²) in [7, 11) is 0. The summed E-state index contributed by atoms with van der Waals surface area (Å²) in [5.74, 6) is -2.03. The lowest BCUT2D eigenvalue weighted by molar-refractivity contribution is -0.131. The van der Waals surface area contributed by atoms with Crippen LogP contribution in [-0.4, -0.2) is 69.3 Å². The molecule has 2 aromatic rings. The van der Waals surface area contributed by atoms with Crippen LogP contribution in [0.25, 0.3) is 0 Å². The van der Waals surface area contributed by atoms with E-state index >= 15 is 0 Å². The summed E-state index contributed by atoms with van der Waals surface area (Å²) in [6, 6.07) is 5.63. The first kappa shape index (κ1) is 28.2. The number of hydrogen-bond acceptors (Lipinski definition) is 10. The number of nitrogens with two attached hydrogens (primary N) is 2. The van der Waals surface area contributed by atoms with Gasteiger partial charge in [-0.3, -0.25) is 24.5 Å². The molecule has 2 bridgehead atoms. The van der Waals surface area contributed by atoms with Gasteiger partial charge in [0, 0.05) is 13.0 Å². The Kier molecular flexibility index (Phi) is 9.87. The number of anilines is 3. The van der Waals surface area contributed by atoms with Crippen molar-refractivity contribution >= 4 is 41.5 Å². The van der Waals surface area contributed by atoms with Gasteiger partial charge in [-0.2, -0.15) is 15.0 Å². The lowest BCUT2D eigenvalue weighted by Gasteiger charge is -2.24. The average Bonchev–Trinajstić information content (AvgIpc) is 2.87. The second-order valence-electron chi connectivity index (χ2n) is 9.09. The van der Waals surface area contributed by atoms with Crippen molar-refractivity contribution in [3.63, 3.8) is 0 Å². The van der Waals surface area contributed by atoms with Gasteiger partial charge in [0.05, 0.1) is 6.04 Å². The highest BCUT2D eigenvalue weighted by Crippen LogP contribution is 2.13. The van der Waals surface area contributed by atoms with Crippen LogP contribution in [0.2, 0.25) is 0 Å². The summed E-state index contributed by atoms with van der Waals surface area (Å²) in [5.41, 5.74) is 12.0. The molecule has 1 aliphatic rings. The van der Waals surface area contributed by atoms with E-state index in [1.54, 1.807) is 6.92 Å². The van der Waals surface area contributed by atoms with Crippen LogP contribution in [0.5, 0.6) is 0 Å². The lowest BCUT2D eigenvalue weighted by Crippen LogP contribution is -2.55. The van der Waals surface area contributed by atoms with Gasteiger partial charge in [0.1, 0.15) is 18.1 Å². The van der Waals surface area contributed by atoms with E-state index in [0.717, 1.165) is 5.56 Å². The van der Waals surface area contributed by atoms with Gasteiger partial charge in [0.2, 0.25) is 41.5 Å². The molecule has 0 aliphatic carbocycles. The van der Waals surface area contributed by atoms with E-state index in [9.17, 15) is 19.2 Å². The lowest BCUT2D eigenvalue weighted by atomic mass is 10.0. The predicted octanol–water partition coefficient (Wildman–Crippen LogP) is -0.749. The molecule has 9 N–H and O–H groups in total. The van der Waals surface area contributed by atoms with Gasteiger partial charge in [-0.1, -0.05) is 30.3 Å². The molecule has 0 saturated heterocycles. The zero-order valence-electron chi connectivity index (χ0n) is 21.4. The van der Waals surface area contributed by atoms with Crippen LogP contribution in [0.3, 0.4) is 0 Å². The molecule has 204 valence electrons. The number of nitrogens with zero attached hydrogens (tertiary/aromatic N) is 3. The molecule has 4 amide bonds. The molecular formula is C24H34N10O4. The Morgan fingerprint density at radius 1 is 1.03 bits per heavy atom. The Morgan fingerprint density at radius 2 is 1.74 bits per heavy atom. The van der Waals surface area contributed by atoms with E-state index in [1.807, 2.05) is 30.3 Å². The predicted molar refractivity (Wildman–Crippen MR) is 141 cm³/mol. The first-order chi connectivity index (χ1) is 18.1. The summed E-state index contributed by atoms with van der Waals surface area (Å²) < 4.78 is 0. The molecule has 0 unspecified atom stereocenters. The summed E-state index contributed by atoms with van der Waals surface area (Å²) in [6.45, 7) is 3.52. The van der Waals surface area contributed by atoms with Crippen LogP contribution in [0.15, 0.2) is 30.3 Å². The first-order valence-corrected chi connectivity index (χ1v) is 12.4. The van der Waals surface area contributed by atoms with Gasteiger partial charge in [-0.25, -0.2) is 0 Å². The fraction of sp³-hybridized carbons (Fsp3) is 0.458. The summed E-state index contributed by atoms with van der Waals surface area (Å²) in [4.78, 5) is 63.0. The zero-order valence-corrected chi connectivity index (χ0v) is 21.4. The molecule has 14 nitrogen and oxygen atoms in total. The molecule has 0 radical (unpaired) electrons. The van der Waals surface area contributed by atoms with Crippen LogP contribution in [0, 0.1) is 0 Å². The smallest absolute Gasteiger partial charge is 0.243 e. The molecule has 0 fully saturated rings. The fourth-order valence-electron chi connectivity index (χ4n) is 3.65. The average molecular weight is 527 g/mol. The number of primary amides is 1. The van der Waals surface area contributed by atoms with Gasteiger partial charge < -0.3 is 32.7 Å². The van der Waals surface area contributed by atoms with Gasteiger partial charge in [-0.15, -0.1) is 0 Å². The fourth-order valence-corrected chi connectivity index (χ4v) is 3.65. The highest BCUT2D eigenvalue weighted by atomic mass is 16.2. The summed E-state index contributed by atoms with van der Waals surface area (Å²) >= 11 is 0. The third-order valence-electron chi connectivity index (χ3n) is 5.80. The first-order valence-electron chi connectivity index (χ1n) is 12.4. The van der Waals surface area contributed by atoms with Crippen molar-refractivity contribution in [3.05, 3.63) is 35.9 Å². The van der Waals surface area contributed by atoms with Gasteiger partial charge in [0.25, 0.3) is 0 Å². The number of carbonyl (C=O) groups is 4. The van der Waals surface area contributed by atoms with E-state index in [2.05, 4.69) is 41.5 Å². The van der Waals surface area contributed by atoms with Crippen molar-refractivity contribution in [1.82, 2.24) is 25.6 Å². The molecule has 0 spiro atoms. The molecule has 2 heterocycles. The molecule has 0 saturated carbocycles. The van der Waals surface area contributed by atoms with Crippen molar-refractivity contribution in [2.75, 3.05) is 22.5 Å². The molecule has 3 rings (SSSR count). The Balaban J connectivity index is 1.89. The number of carbonyl (C=O) groups excluding carboxylic acids is 4. The van der Waals surface area contributed by atoms with Crippen LogP contribution >= 0.6 is 0 Å². The minimum atomic E-state index is -0.972. The molecule has 4 atom stereocenters. The monoisotopic (exact) mass is 526 g/mol. The second-order valence-corrected chi connectivity index (χ2v) is 9.09. The molecule has 1 aromatic carbocycles. The second kappa shape index (κ2) is 13.3. The van der Waals surface area contributed by atoms with Crippen molar-refractivity contribution in [3.8, 4) is 0 Å². The van der Waals surface area contributed by atoms with E-state index in [-0.39, 0.29) is 24.3 Å². The maximum atomic E-state index is 13.2. The van der Waals surface area contributed by atoms with Crippen molar-refractivity contribution in [1.29, 1.82) is 0 Å².